The summed E-state index contributed by atoms with van der Waals surface area (Å²) in [5.74, 6) is -2.18. The molecule has 0 aromatic heterocycles. The van der Waals surface area contributed by atoms with E-state index in [2.05, 4.69) is 5.32 Å². The maximum absolute atomic E-state index is 12.3. The number of carboxylic acid groups (broad SMARTS) is 1. The van der Waals surface area contributed by atoms with Crippen molar-refractivity contribution in [2.45, 2.75) is 26.3 Å². The van der Waals surface area contributed by atoms with Crippen molar-refractivity contribution in [3.8, 4) is 0 Å². The van der Waals surface area contributed by atoms with Gasteiger partial charge in [0.25, 0.3) is 11.8 Å². The Morgan fingerprint density at radius 3 is 2.42 bits per heavy atom. The first-order chi connectivity index (χ1) is 12.2. The molecule has 26 heavy (non-hydrogen) atoms. The SMILES string of the molecule is CC[C@H](C)[C@@H](NC(=O)c1ccc(/C=C2/SC(=S)N(C)C2=O)cc1)C(=O)[O-]. The highest BCUT2D eigenvalue weighted by atomic mass is 32.2. The molecule has 1 aromatic carbocycles. The number of thioether (sulfide) groups is 1. The average Bonchev–Trinajstić information content (AvgIpc) is 2.86. The summed E-state index contributed by atoms with van der Waals surface area (Å²) in [7, 11) is 1.62. The van der Waals surface area contributed by atoms with Crippen molar-refractivity contribution in [1.29, 1.82) is 0 Å². The molecule has 2 rings (SSSR count). The van der Waals surface area contributed by atoms with E-state index in [1.807, 2.05) is 6.92 Å². The molecule has 1 fully saturated rings. The molecular formula is C18H19N2O4S2-. The Hall–Kier alpha value is -2.19. The zero-order valence-corrected chi connectivity index (χ0v) is 16.3. The Morgan fingerprint density at radius 2 is 1.96 bits per heavy atom. The van der Waals surface area contributed by atoms with Crippen LogP contribution >= 0.6 is 24.0 Å². The van der Waals surface area contributed by atoms with Gasteiger partial charge in [0, 0.05) is 12.6 Å². The molecule has 1 heterocycles. The molecule has 1 N–H and O–H groups in total. The van der Waals surface area contributed by atoms with Gasteiger partial charge in [0.1, 0.15) is 4.32 Å². The second kappa shape index (κ2) is 8.46. The number of hydrogen-bond donors (Lipinski definition) is 1. The molecule has 1 saturated heterocycles. The summed E-state index contributed by atoms with van der Waals surface area (Å²) in [5, 5.41) is 13.7. The summed E-state index contributed by atoms with van der Waals surface area (Å²) >= 11 is 6.30. The fourth-order valence-electron chi connectivity index (χ4n) is 2.32. The third-order valence-electron chi connectivity index (χ3n) is 4.21. The number of nitrogens with zero attached hydrogens (tertiary/aromatic N) is 1. The first-order valence-electron chi connectivity index (χ1n) is 8.08. The Morgan fingerprint density at radius 1 is 1.35 bits per heavy atom. The van der Waals surface area contributed by atoms with E-state index >= 15 is 0 Å². The minimum absolute atomic E-state index is 0.160. The number of rotatable bonds is 6. The van der Waals surface area contributed by atoms with E-state index in [4.69, 9.17) is 12.2 Å². The molecule has 6 nitrogen and oxygen atoms in total. The molecule has 0 spiro atoms. The lowest BCUT2D eigenvalue weighted by atomic mass is 9.99. The summed E-state index contributed by atoms with van der Waals surface area (Å²) in [4.78, 5) is 37.4. The molecule has 138 valence electrons. The second-order valence-corrected chi connectivity index (χ2v) is 7.69. The molecule has 2 amide bonds. The van der Waals surface area contributed by atoms with E-state index in [9.17, 15) is 19.5 Å². The number of aliphatic carboxylic acids is 1. The van der Waals surface area contributed by atoms with Crippen LogP contribution in [0, 0.1) is 5.92 Å². The Balaban J connectivity index is 2.12. The van der Waals surface area contributed by atoms with Crippen LogP contribution in [0.2, 0.25) is 0 Å². The van der Waals surface area contributed by atoms with Crippen molar-refractivity contribution >= 4 is 52.2 Å². The predicted octanol–water partition coefficient (Wildman–Crippen LogP) is 1.41. The normalized spacial score (nSPS) is 18.1. The first-order valence-corrected chi connectivity index (χ1v) is 9.30. The summed E-state index contributed by atoms with van der Waals surface area (Å²) < 4.78 is 0.496. The fraction of sp³-hybridized carbons (Fsp3) is 0.333. The highest BCUT2D eigenvalue weighted by molar-refractivity contribution is 8.26. The van der Waals surface area contributed by atoms with E-state index in [-0.39, 0.29) is 11.8 Å². The van der Waals surface area contributed by atoms with Gasteiger partial charge in [-0.2, -0.15) is 0 Å². The number of carbonyl (C=O) groups is 3. The molecular weight excluding hydrogens is 372 g/mol. The molecule has 2 atom stereocenters. The van der Waals surface area contributed by atoms with Crippen LogP contribution in [0.15, 0.2) is 29.2 Å². The van der Waals surface area contributed by atoms with Crippen LogP contribution in [-0.4, -0.2) is 40.1 Å². The van der Waals surface area contributed by atoms with E-state index in [0.717, 1.165) is 5.56 Å². The number of amides is 2. The molecule has 0 unspecified atom stereocenters. The van der Waals surface area contributed by atoms with Gasteiger partial charge < -0.3 is 15.2 Å². The molecule has 0 bridgehead atoms. The van der Waals surface area contributed by atoms with Gasteiger partial charge >= 0.3 is 0 Å². The smallest absolute Gasteiger partial charge is 0.265 e. The van der Waals surface area contributed by atoms with Crippen LogP contribution in [0.3, 0.4) is 0 Å². The zero-order valence-electron chi connectivity index (χ0n) is 14.6. The largest absolute Gasteiger partial charge is 0.548 e. The third-order valence-corrected chi connectivity index (χ3v) is 5.70. The summed E-state index contributed by atoms with van der Waals surface area (Å²) in [6.07, 6.45) is 2.31. The van der Waals surface area contributed by atoms with Gasteiger partial charge in [-0.3, -0.25) is 14.5 Å². The number of carbonyl (C=O) groups excluding carboxylic acids is 3. The highest BCUT2D eigenvalue weighted by Gasteiger charge is 2.28. The number of carboxylic acids is 1. The molecule has 0 radical (unpaired) electrons. The van der Waals surface area contributed by atoms with Gasteiger partial charge in [-0.15, -0.1) is 0 Å². The highest BCUT2D eigenvalue weighted by Crippen LogP contribution is 2.31. The van der Waals surface area contributed by atoms with E-state index in [1.165, 1.54) is 16.7 Å². The summed E-state index contributed by atoms with van der Waals surface area (Å²) in [6, 6.07) is 5.49. The van der Waals surface area contributed by atoms with Crippen LogP contribution in [0.25, 0.3) is 6.08 Å². The lowest BCUT2D eigenvalue weighted by Gasteiger charge is -2.25. The van der Waals surface area contributed by atoms with E-state index < -0.39 is 17.9 Å². The van der Waals surface area contributed by atoms with Crippen LogP contribution in [0.5, 0.6) is 0 Å². The lowest BCUT2D eigenvalue weighted by Crippen LogP contribution is -2.51. The van der Waals surface area contributed by atoms with Crippen molar-refractivity contribution in [2.24, 2.45) is 5.92 Å². The maximum atomic E-state index is 12.3. The number of hydrogen-bond acceptors (Lipinski definition) is 6. The van der Waals surface area contributed by atoms with Crippen LogP contribution in [-0.2, 0) is 9.59 Å². The molecule has 1 aliphatic rings. The maximum Gasteiger partial charge on any atom is 0.265 e. The van der Waals surface area contributed by atoms with Gasteiger partial charge in [0.15, 0.2) is 0 Å². The quantitative estimate of drug-likeness (QED) is 0.583. The number of benzene rings is 1. The summed E-state index contributed by atoms with van der Waals surface area (Å²) in [6.45, 7) is 3.59. The van der Waals surface area contributed by atoms with Gasteiger partial charge in [0.05, 0.1) is 16.9 Å². The molecule has 1 aliphatic heterocycles. The topological polar surface area (TPSA) is 89.5 Å². The molecule has 1 aromatic rings. The van der Waals surface area contributed by atoms with Crippen molar-refractivity contribution in [2.75, 3.05) is 7.05 Å². The third kappa shape index (κ3) is 4.50. The monoisotopic (exact) mass is 391 g/mol. The Labute approximate surface area is 161 Å². The summed E-state index contributed by atoms with van der Waals surface area (Å²) in [5.41, 5.74) is 1.08. The van der Waals surface area contributed by atoms with Gasteiger partial charge in [-0.25, -0.2) is 0 Å². The minimum atomic E-state index is -1.30. The molecule has 8 heteroatoms. The van der Waals surface area contributed by atoms with Crippen molar-refractivity contribution < 1.29 is 19.5 Å². The number of likely N-dealkylation sites (N-methyl/N-ethyl adjacent to an activating group) is 1. The lowest BCUT2D eigenvalue weighted by molar-refractivity contribution is -0.309. The Bertz CT molecular complexity index is 774. The fourth-order valence-corrected chi connectivity index (χ4v) is 3.50. The van der Waals surface area contributed by atoms with E-state index in [0.29, 0.717) is 21.2 Å². The van der Waals surface area contributed by atoms with Gasteiger partial charge in [-0.05, 0) is 29.7 Å². The standard InChI is InChI=1S/C18H20N2O4S2/c1-4-10(2)14(17(23)24)19-15(21)12-7-5-11(6-8-12)9-13-16(22)20(3)18(25)26-13/h5-10,14H,4H2,1-3H3,(H,19,21)(H,23,24)/p-1/b13-9+/t10-,14+/m0/s1. The van der Waals surface area contributed by atoms with Crippen molar-refractivity contribution in [1.82, 2.24) is 10.2 Å². The van der Waals surface area contributed by atoms with Crippen molar-refractivity contribution in [3.05, 3.63) is 40.3 Å². The van der Waals surface area contributed by atoms with Gasteiger partial charge in [-0.1, -0.05) is 56.4 Å². The zero-order chi connectivity index (χ0) is 19.4. The Kier molecular flexibility index (Phi) is 6.55. The molecule has 0 aliphatic carbocycles. The van der Waals surface area contributed by atoms with Crippen molar-refractivity contribution in [3.63, 3.8) is 0 Å². The van der Waals surface area contributed by atoms with Crippen LogP contribution in [0.4, 0.5) is 0 Å². The van der Waals surface area contributed by atoms with Crippen LogP contribution < -0.4 is 10.4 Å². The molecule has 0 saturated carbocycles. The second-order valence-electron chi connectivity index (χ2n) is 6.02. The average molecular weight is 391 g/mol. The number of thiocarbonyl (C=S) groups is 1. The number of nitrogens with one attached hydrogen (secondary N) is 1. The van der Waals surface area contributed by atoms with Gasteiger partial charge in [0.2, 0.25) is 0 Å². The van der Waals surface area contributed by atoms with E-state index in [1.54, 1.807) is 44.3 Å². The van der Waals surface area contributed by atoms with Crippen LogP contribution in [0.1, 0.15) is 36.2 Å². The predicted molar refractivity (Wildman–Crippen MR) is 103 cm³/mol. The minimum Gasteiger partial charge on any atom is -0.548 e. The first kappa shape index (κ1) is 20.1.